The van der Waals surface area contributed by atoms with Gasteiger partial charge in [0, 0.05) is 0 Å². The van der Waals surface area contributed by atoms with Gasteiger partial charge in [-0.1, -0.05) is 12.8 Å². The number of nitrogens with one attached hydrogen (secondary N) is 1. The summed E-state index contributed by atoms with van der Waals surface area (Å²) in [7, 11) is 0. The van der Waals surface area contributed by atoms with E-state index in [1.165, 1.54) is 0 Å². The van der Waals surface area contributed by atoms with Gasteiger partial charge in [-0.2, -0.15) is 5.48 Å². The Balaban J connectivity index is 2.48. The summed E-state index contributed by atoms with van der Waals surface area (Å²) in [5.41, 5.74) is 0.806. The van der Waals surface area contributed by atoms with Crippen molar-refractivity contribution in [2.75, 3.05) is 0 Å². The molecule has 104 valence electrons. The molecule has 1 rings (SSSR count). The molecule has 1 fully saturated rings. The van der Waals surface area contributed by atoms with Crippen LogP contribution in [0.15, 0.2) is 0 Å². The molecular formula is C12H21NO5. The largest absolute Gasteiger partial charge is 0.481 e. The highest BCUT2D eigenvalue weighted by Gasteiger charge is 2.38. The average Bonchev–Trinajstić information content (AvgIpc) is 2.60. The molecule has 0 atom stereocenters. The molecule has 6 nitrogen and oxygen atoms in total. The summed E-state index contributed by atoms with van der Waals surface area (Å²) in [6, 6.07) is 0. The van der Waals surface area contributed by atoms with Crippen molar-refractivity contribution in [1.29, 1.82) is 0 Å². The van der Waals surface area contributed by atoms with Gasteiger partial charge in [0.1, 0.15) is 11.2 Å². The molecule has 1 aliphatic rings. The van der Waals surface area contributed by atoms with Crippen molar-refractivity contribution < 1.29 is 24.3 Å². The Hall–Kier alpha value is -1.30. The van der Waals surface area contributed by atoms with Crippen molar-refractivity contribution in [3.8, 4) is 0 Å². The number of carboxylic acid groups (broad SMARTS) is 1. The smallest absolute Gasteiger partial charge is 0.431 e. The lowest BCUT2D eigenvalue weighted by atomic mass is 9.98. The van der Waals surface area contributed by atoms with Crippen LogP contribution in [-0.4, -0.2) is 28.4 Å². The predicted molar refractivity (Wildman–Crippen MR) is 63.9 cm³/mol. The average molecular weight is 259 g/mol. The second kappa shape index (κ2) is 5.56. The molecule has 0 radical (unpaired) electrons. The van der Waals surface area contributed by atoms with Gasteiger partial charge in [0.15, 0.2) is 0 Å². The maximum Gasteiger partial charge on any atom is 0.431 e. The Bertz CT molecular complexity index is 315. The second-order valence-corrected chi connectivity index (χ2v) is 5.67. The topological polar surface area (TPSA) is 84.9 Å². The van der Waals surface area contributed by atoms with Crippen molar-refractivity contribution in [3.05, 3.63) is 0 Å². The molecule has 2 N–H and O–H groups in total. The number of rotatable bonds is 4. The molecule has 0 saturated heterocycles. The monoisotopic (exact) mass is 259 g/mol. The van der Waals surface area contributed by atoms with Crippen molar-refractivity contribution >= 4 is 12.1 Å². The van der Waals surface area contributed by atoms with Gasteiger partial charge in [0.2, 0.25) is 0 Å². The first-order valence-corrected chi connectivity index (χ1v) is 6.11. The summed E-state index contributed by atoms with van der Waals surface area (Å²) in [5.74, 6) is -0.928. The third kappa shape index (κ3) is 4.91. The first kappa shape index (κ1) is 14.8. The van der Waals surface area contributed by atoms with Gasteiger partial charge in [0.05, 0.1) is 6.42 Å². The predicted octanol–water partition coefficient (Wildman–Crippen LogP) is 2.23. The number of hydrogen-bond donors (Lipinski definition) is 2. The maximum absolute atomic E-state index is 11.4. The number of carbonyl (C=O) groups excluding carboxylic acids is 1. The Kier molecular flexibility index (Phi) is 4.56. The zero-order valence-electron chi connectivity index (χ0n) is 11.1. The number of amides is 1. The zero-order valence-corrected chi connectivity index (χ0v) is 11.1. The SMILES string of the molecule is CC(C)(C)OC(=O)NOC1(CC(=O)O)CCCC1. The molecule has 1 aliphatic carbocycles. The van der Waals surface area contributed by atoms with Crippen molar-refractivity contribution in [2.45, 2.75) is 64.1 Å². The van der Waals surface area contributed by atoms with Crippen LogP contribution in [0.2, 0.25) is 0 Å². The number of hydroxylamine groups is 1. The molecular weight excluding hydrogens is 238 g/mol. The standard InChI is InChI=1S/C12H21NO5/c1-11(2,3)17-10(16)13-18-12(8-9(14)15)6-4-5-7-12/h4-8H2,1-3H3,(H,13,16)(H,14,15). The summed E-state index contributed by atoms with van der Waals surface area (Å²) in [6.07, 6.45) is 2.28. The minimum absolute atomic E-state index is 0.108. The lowest BCUT2D eigenvalue weighted by Gasteiger charge is -2.27. The van der Waals surface area contributed by atoms with E-state index < -0.39 is 23.3 Å². The quantitative estimate of drug-likeness (QED) is 0.756. The fourth-order valence-electron chi connectivity index (χ4n) is 2.06. The lowest BCUT2D eigenvalue weighted by molar-refractivity contribution is -0.152. The summed E-state index contributed by atoms with van der Waals surface area (Å²) < 4.78 is 5.03. The number of ether oxygens (including phenoxy) is 1. The molecule has 6 heteroatoms. The molecule has 18 heavy (non-hydrogen) atoms. The summed E-state index contributed by atoms with van der Waals surface area (Å²) in [6.45, 7) is 5.24. The molecule has 0 aromatic carbocycles. The Labute approximate surface area is 107 Å². The van der Waals surface area contributed by atoms with E-state index in [1.54, 1.807) is 20.8 Å². The van der Waals surface area contributed by atoms with Crippen molar-refractivity contribution in [2.24, 2.45) is 0 Å². The van der Waals surface area contributed by atoms with E-state index >= 15 is 0 Å². The van der Waals surface area contributed by atoms with Crippen LogP contribution in [-0.2, 0) is 14.4 Å². The molecule has 0 aliphatic heterocycles. The van der Waals surface area contributed by atoms with Crippen molar-refractivity contribution in [3.63, 3.8) is 0 Å². The summed E-state index contributed by atoms with van der Waals surface area (Å²) >= 11 is 0. The van der Waals surface area contributed by atoms with Crippen LogP contribution in [0.5, 0.6) is 0 Å². The van der Waals surface area contributed by atoms with Gasteiger partial charge in [0.25, 0.3) is 0 Å². The molecule has 0 aromatic rings. The molecule has 0 unspecified atom stereocenters. The Morgan fingerprint density at radius 1 is 1.28 bits per heavy atom. The van der Waals surface area contributed by atoms with E-state index in [4.69, 9.17) is 14.7 Å². The van der Waals surface area contributed by atoms with Crippen LogP contribution in [0.1, 0.15) is 52.9 Å². The van der Waals surface area contributed by atoms with Gasteiger partial charge in [-0.3, -0.25) is 9.63 Å². The van der Waals surface area contributed by atoms with E-state index in [-0.39, 0.29) is 6.42 Å². The third-order valence-electron chi connectivity index (χ3n) is 2.74. The minimum atomic E-state index is -0.928. The van der Waals surface area contributed by atoms with Crippen LogP contribution in [0.3, 0.4) is 0 Å². The van der Waals surface area contributed by atoms with Crippen LogP contribution >= 0.6 is 0 Å². The van der Waals surface area contributed by atoms with E-state index in [2.05, 4.69) is 5.48 Å². The minimum Gasteiger partial charge on any atom is -0.481 e. The van der Waals surface area contributed by atoms with Gasteiger partial charge < -0.3 is 9.84 Å². The molecule has 1 amide bonds. The van der Waals surface area contributed by atoms with Gasteiger partial charge in [-0.15, -0.1) is 0 Å². The number of hydrogen-bond acceptors (Lipinski definition) is 4. The first-order valence-electron chi connectivity index (χ1n) is 6.11. The number of carbonyl (C=O) groups is 2. The second-order valence-electron chi connectivity index (χ2n) is 5.67. The fourth-order valence-corrected chi connectivity index (χ4v) is 2.06. The summed E-state index contributed by atoms with van der Waals surface area (Å²) in [4.78, 5) is 27.6. The third-order valence-corrected chi connectivity index (χ3v) is 2.74. The van der Waals surface area contributed by atoms with Gasteiger partial charge in [-0.25, -0.2) is 4.79 Å². The zero-order chi connectivity index (χ0) is 13.8. The van der Waals surface area contributed by atoms with Crippen LogP contribution in [0, 0.1) is 0 Å². The molecule has 0 heterocycles. The number of carboxylic acids is 1. The molecule has 0 aromatic heterocycles. The van der Waals surface area contributed by atoms with E-state index in [9.17, 15) is 9.59 Å². The van der Waals surface area contributed by atoms with Gasteiger partial charge in [-0.05, 0) is 33.6 Å². The number of aliphatic carboxylic acids is 1. The highest BCUT2D eigenvalue weighted by Crippen LogP contribution is 2.35. The van der Waals surface area contributed by atoms with E-state index in [1.807, 2.05) is 0 Å². The van der Waals surface area contributed by atoms with E-state index in [0.717, 1.165) is 12.8 Å². The van der Waals surface area contributed by atoms with Gasteiger partial charge >= 0.3 is 12.1 Å². The molecule has 1 saturated carbocycles. The highest BCUT2D eigenvalue weighted by molar-refractivity contribution is 5.68. The Morgan fingerprint density at radius 3 is 2.28 bits per heavy atom. The molecule has 0 bridgehead atoms. The Morgan fingerprint density at radius 2 is 1.83 bits per heavy atom. The van der Waals surface area contributed by atoms with Crippen LogP contribution < -0.4 is 5.48 Å². The fraction of sp³-hybridized carbons (Fsp3) is 0.833. The van der Waals surface area contributed by atoms with Crippen LogP contribution in [0.25, 0.3) is 0 Å². The van der Waals surface area contributed by atoms with Crippen LogP contribution in [0.4, 0.5) is 4.79 Å². The lowest BCUT2D eigenvalue weighted by Crippen LogP contribution is -2.42. The normalized spacial score (nSPS) is 18.4. The van der Waals surface area contributed by atoms with E-state index in [0.29, 0.717) is 12.8 Å². The first-order chi connectivity index (χ1) is 8.22. The maximum atomic E-state index is 11.4. The highest BCUT2D eigenvalue weighted by atomic mass is 16.7. The molecule has 0 spiro atoms. The summed E-state index contributed by atoms with van der Waals surface area (Å²) in [5, 5.41) is 8.87. The van der Waals surface area contributed by atoms with Crippen molar-refractivity contribution in [1.82, 2.24) is 5.48 Å².